The largest absolute Gasteiger partial charge is 0.495 e. The number of anilines is 1. The molecule has 31 heavy (non-hydrogen) atoms. The second kappa shape index (κ2) is 10.8. The molecular formula is C25H25NO5. The molecule has 3 rings (SSSR count). The predicted octanol–water partition coefficient (Wildman–Crippen LogP) is 4.70. The molecule has 3 aromatic carbocycles. The van der Waals surface area contributed by atoms with Crippen LogP contribution in [0.3, 0.4) is 0 Å². The second-order valence-corrected chi connectivity index (χ2v) is 6.89. The highest BCUT2D eigenvalue weighted by Gasteiger charge is 2.26. The van der Waals surface area contributed by atoms with E-state index < -0.39 is 18.0 Å². The van der Waals surface area contributed by atoms with E-state index in [0.29, 0.717) is 22.7 Å². The lowest BCUT2D eigenvalue weighted by molar-refractivity contribution is -0.155. The SMILES string of the molecule is COc1ccc(C)cc1NC(=O)[C@H](OC(=O)CCOc1ccccc1)c1ccccc1. The van der Waals surface area contributed by atoms with Crippen molar-refractivity contribution in [1.82, 2.24) is 0 Å². The molecule has 6 heteroatoms. The number of hydrogen-bond acceptors (Lipinski definition) is 5. The quantitative estimate of drug-likeness (QED) is 0.509. The number of esters is 1. The van der Waals surface area contributed by atoms with E-state index in [9.17, 15) is 9.59 Å². The molecule has 0 aliphatic heterocycles. The highest BCUT2D eigenvalue weighted by Crippen LogP contribution is 2.28. The Bertz CT molecular complexity index is 1000. The summed E-state index contributed by atoms with van der Waals surface area (Å²) in [4.78, 5) is 25.5. The van der Waals surface area contributed by atoms with Crippen molar-refractivity contribution in [3.05, 3.63) is 90.0 Å². The number of nitrogens with one attached hydrogen (secondary N) is 1. The lowest BCUT2D eigenvalue weighted by Crippen LogP contribution is -2.26. The predicted molar refractivity (Wildman–Crippen MR) is 118 cm³/mol. The van der Waals surface area contributed by atoms with Crippen molar-refractivity contribution >= 4 is 17.6 Å². The summed E-state index contributed by atoms with van der Waals surface area (Å²) in [7, 11) is 1.53. The molecule has 0 unspecified atom stereocenters. The van der Waals surface area contributed by atoms with Crippen molar-refractivity contribution < 1.29 is 23.8 Å². The molecule has 0 heterocycles. The van der Waals surface area contributed by atoms with E-state index in [1.807, 2.05) is 37.3 Å². The minimum absolute atomic E-state index is 0.0132. The number of aryl methyl sites for hydroxylation is 1. The number of para-hydroxylation sites is 1. The monoisotopic (exact) mass is 419 g/mol. The van der Waals surface area contributed by atoms with E-state index in [2.05, 4.69) is 5.32 Å². The van der Waals surface area contributed by atoms with Crippen LogP contribution >= 0.6 is 0 Å². The maximum Gasteiger partial charge on any atom is 0.310 e. The van der Waals surface area contributed by atoms with Crippen LogP contribution in [0.25, 0.3) is 0 Å². The summed E-state index contributed by atoms with van der Waals surface area (Å²) in [5.41, 5.74) is 2.04. The first-order valence-electron chi connectivity index (χ1n) is 9.94. The average Bonchev–Trinajstić information content (AvgIpc) is 2.79. The van der Waals surface area contributed by atoms with Gasteiger partial charge in [-0.3, -0.25) is 9.59 Å². The van der Waals surface area contributed by atoms with Gasteiger partial charge in [0.1, 0.15) is 11.5 Å². The van der Waals surface area contributed by atoms with Crippen LogP contribution in [0.4, 0.5) is 5.69 Å². The smallest absolute Gasteiger partial charge is 0.310 e. The molecule has 1 N–H and O–H groups in total. The number of carbonyl (C=O) groups excluding carboxylic acids is 2. The molecule has 0 fully saturated rings. The number of hydrogen-bond donors (Lipinski definition) is 1. The molecule has 0 spiro atoms. The van der Waals surface area contributed by atoms with Gasteiger partial charge in [-0.25, -0.2) is 0 Å². The van der Waals surface area contributed by atoms with E-state index in [-0.39, 0.29) is 13.0 Å². The van der Waals surface area contributed by atoms with Gasteiger partial charge in [-0.05, 0) is 36.8 Å². The number of carbonyl (C=O) groups is 2. The average molecular weight is 419 g/mol. The zero-order valence-corrected chi connectivity index (χ0v) is 17.5. The van der Waals surface area contributed by atoms with Crippen LogP contribution in [-0.4, -0.2) is 25.6 Å². The van der Waals surface area contributed by atoms with Crippen molar-refractivity contribution in [2.45, 2.75) is 19.4 Å². The molecular weight excluding hydrogens is 394 g/mol. The Morgan fingerprint density at radius 2 is 1.61 bits per heavy atom. The Morgan fingerprint density at radius 1 is 0.935 bits per heavy atom. The van der Waals surface area contributed by atoms with E-state index in [1.165, 1.54) is 7.11 Å². The number of rotatable bonds is 9. The van der Waals surface area contributed by atoms with Gasteiger partial charge in [-0.1, -0.05) is 54.6 Å². The van der Waals surface area contributed by atoms with Crippen molar-refractivity contribution in [2.24, 2.45) is 0 Å². The summed E-state index contributed by atoms with van der Waals surface area (Å²) in [6.07, 6.45) is -1.09. The fourth-order valence-corrected chi connectivity index (χ4v) is 2.98. The lowest BCUT2D eigenvalue weighted by atomic mass is 10.1. The highest BCUT2D eigenvalue weighted by molar-refractivity contribution is 5.97. The Hall–Kier alpha value is -3.80. The van der Waals surface area contributed by atoms with Gasteiger partial charge in [-0.15, -0.1) is 0 Å². The van der Waals surface area contributed by atoms with Crippen LogP contribution in [0.2, 0.25) is 0 Å². The summed E-state index contributed by atoms with van der Waals surface area (Å²) in [6.45, 7) is 2.06. The van der Waals surface area contributed by atoms with Crippen molar-refractivity contribution in [2.75, 3.05) is 19.0 Å². The molecule has 0 saturated carbocycles. The molecule has 3 aromatic rings. The fourth-order valence-electron chi connectivity index (χ4n) is 2.98. The molecule has 160 valence electrons. The summed E-state index contributed by atoms with van der Waals surface area (Å²) in [5.74, 6) is 0.191. The molecule has 1 atom stereocenters. The standard InChI is InChI=1S/C25H25NO5/c1-18-13-14-22(29-2)21(17-18)26-25(28)24(19-9-5-3-6-10-19)31-23(27)15-16-30-20-11-7-4-8-12-20/h3-14,17,24H,15-16H2,1-2H3,(H,26,28)/t24-/m1/s1. The number of amides is 1. The van der Waals surface area contributed by atoms with Crippen molar-refractivity contribution in [3.63, 3.8) is 0 Å². The van der Waals surface area contributed by atoms with Crippen molar-refractivity contribution in [3.8, 4) is 11.5 Å². The van der Waals surface area contributed by atoms with E-state index in [1.54, 1.807) is 48.5 Å². The minimum atomic E-state index is -1.10. The fraction of sp³-hybridized carbons (Fsp3) is 0.200. The first-order valence-corrected chi connectivity index (χ1v) is 9.94. The van der Waals surface area contributed by atoms with Crippen LogP contribution in [0.15, 0.2) is 78.9 Å². The maximum absolute atomic E-state index is 13.0. The summed E-state index contributed by atoms with van der Waals surface area (Å²) < 4.78 is 16.4. The highest BCUT2D eigenvalue weighted by atomic mass is 16.6. The van der Waals surface area contributed by atoms with Gasteiger partial charge in [0.25, 0.3) is 5.91 Å². The van der Waals surface area contributed by atoms with E-state index >= 15 is 0 Å². The molecule has 0 aliphatic carbocycles. The molecule has 0 saturated heterocycles. The lowest BCUT2D eigenvalue weighted by Gasteiger charge is -2.19. The van der Waals surface area contributed by atoms with Gasteiger partial charge in [-0.2, -0.15) is 0 Å². The Morgan fingerprint density at radius 3 is 2.29 bits per heavy atom. The molecule has 0 aromatic heterocycles. The van der Waals surface area contributed by atoms with Gasteiger partial charge in [0.2, 0.25) is 6.10 Å². The van der Waals surface area contributed by atoms with E-state index in [4.69, 9.17) is 14.2 Å². The number of benzene rings is 3. The third kappa shape index (κ3) is 6.34. The van der Waals surface area contributed by atoms with Gasteiger partial charge in [0.15, 0.2) is 0 Å². The third-order valence-electron chi connectivity index (χ3n) is 4.52. The first-order chi connectivity index (χ1) is 15.1. The van der Waals surface area contributed by atoms with Gasteiger partial charge in [0.05, 0.1) is 25.8 Å². The zero-order valence-electron chi connectivity index (χ0n) is 17.5. The maximum atomic E-state index is 13.0. The zero-order chi connectivity index (χ0) is 22.1. The molecule has 0 radical (unpaired) electrons. The van der Waals surface area contributed by atoms with Crippen LogP contribution in [0, 0.1) is 6.92 Å². The van der Waals surface area contributed by atoms with Crippen LogP contribution < -0.4 is 14.8 Å². The Kier molecular flexibility index (Phi) is 7.65. The Labute approximate surface area is 181 Å². The van der Waals surface area contributed by atoms with E-state index in [0.717, 1.165) is 5.56 Å². The minimum Gasteiger partial charge on any atom is -0.495 e. The van der Waals surface area contributed by atoms with Gasteiger partial charge < -0.3 is 19.5 Å². The van der Waals surface area contributed by atoms with Crippen LogP contribution in [0.5, 0.6) is 11.5 Å². The number of methoxy groups -OCH3 is 1. The molecule has 1 amide bonds. The number of ether oxygens (including phenoxy) is 3. The van der Waals surface area contributed by atoms with Gasteiger partial charge in [0, 0.05) is 5.56 Å². The first kappa shape index (κ1) is 21.9. The summed E-state index contributed by atoms with van der Waals surface area (Å²) in [5, 5.41) is 2.82. The van der Waals surface area contributed by atoms with Crippen LogP contribution in [-0.2, 0) is 14.3 Å². The molecule has 0 bridgehead atoms. The second-order valence-electron chi connectivity index (χ2n) is 6.89. The summed E-state index contributed by atoms with van der Waals surface area (Å²) >= 11 is 0. The van der Waals surface area contributed by atoms with Crippen LogP contribution in [0.1, 0.15) is 23.7 Å². The van der Waals surface area contributed by atoms with Crippen molar-refractivity contribution in [1.29, 1.82) is 0 Å². The summed E-state index contributed by atoms with van der Waals surface area (Å²) in [6, 6.07) is 23.5. The molecule has 0 aliphatic rings. The van der Waals surface area contributed by atoms with Gasteiger partial charge >= 0.3 is 5.97 Å². The topological polar surface area (TPSA) is 73.9 Å². The molecule has 6 nitrogen and oxygen atoms in total. The third-order valence-corrected chi connectivity index (χ3v) is 4.52. The Balaban J connectivity index is 1.69. The normalized spacial score (nSPS) is 11.3.